The van der Waals surface area contributed by atoms with Gasteiger partial charge < -0.3 is 19.2 Å². The Kier molecular flexibility index (Phi) is 6.07. The fraction of sp³-hybridized carbons (Fsp3) is 0.429. The van der Waals surface area contributed by atoms with Crippen molar-refractivity contribution in [3.8, 4) is 11.5 Å². The molecule has 1 aliphatic carbocycles. The Labute approximate surface area is 200 Å². The molecule has 0 spiro atoms. The molecule has 0 saturated heterocycles. The van der Waals surface area contributed by atoms with Crippen LogP contribution in [0.15, 0.2) is 65.3 Å². The Morgan fingerprint density at radius 3 is 2.50 bits per heavy atom. The molecule has 3 aromatic rings. The van der Waals surface area contributed by atoms with Crippen LogP contribution in [0.5, 0.6) is 0 Å². The lowest BCUT2D eigenvalue weighted by atomic mass is 9.89. The molecule has 1 aliphatic heterocycles. The van der Waals surface area contributed by atoms with Crippen LogP contribution in [0.25, 0.3) is 11.5 Å². The highest BCUT2D eigenvalue weighted by atomic mass is 16.3. The van der Waals surface area contributed by atoms with E-state index in [-0.39, 0.29) is 23.8 Å². The third-order valence-electron chi connectivity index (χ3n) is 7.53. The topological polar surface area (TPSA) is 67.5 Å². The lowest BCUT2D eigenvalue weighted by Crippen LogP contribution is -2.65. The second kappa shape index (κ2) is 9.16. The molecule has 1 aromatic carbocycles. The van der Waals surface area contributed by atoms with Gasteiger partial charge >= 0.3 is 0 Å². The summed E-state index contributed by atoms with van der Waals surface area (Å²) in [6.45, 7) is 4.88. The number of nitrogens with one attached hydrogen (secondary N) is 1. The first kappa shape index (κ1) is 22.5. The summed E-state index contributed by atoms with van der Waals surface area (Å²) in [6.07, 6.45) is 7.13. The van der Waals surface area contributed by atoms with Gasteiger partial charge in [0.05, 0.1) is 18.5 Å². The van der Waals surface area contributed by atoms with Gasteiger partial charge in [-0.25, -0.2) is 0 Å². The summed E-state index contributed by atoms with van der Waals surface area (Å²) >= 11 is 0. The molecule has 0 radical (unpaired) electrons. The molecule has 2 aromatic heterocycles. The first-order chi connectivity index (χ1) is 16.5. The maximum absolute atomic E-state index is 13.9. The van der Waals surface area contributed by atoms with E-state index in [1.165, 1.54) is 6.42 Å². The van der Waals surface area contributed by atoms with Crippen LogP contribution >= 0.6 is 0 Å². The fourth-order valence-corrected chi connectivity index (χ4v) is 5.45. The lowest BCUT2D eigenvalue weighted by molar-refractivity contribution is -0.134. The Balaban J connectivity index is 1.50. The van der Waals surface area contributed by atoms with Gasteiger partial charge in [0, 0.05) is 12.6 Å². The van der Waals surface area contributed by atoms with Crippen molar-refractivity contribution in [3.05, 3.63) is 72.1 Å². The van der Waals surface area contributed by atoms with E-state index >= 15 is 0 Å². The fourth-order valence-electron chi connectivity index (χ4n) is 5.45. The minimum absolute atomic E-state index is 0.0715. The number of rotatable bonds is 6. The van der Waals surface area contributed by atoms with Crippen LogP contribution in [-0.4, -0.2) is 39.4 Å². The van der Waals surface area contributed by atoms with E-state index in [1.807, 2.05) is 54.0 Å². The van der Waals surface area contributed by atoms with Crippen molar-refractivity contribution in [1.29, 1.82) is 0 Å². The number of hydrogen-bond donors (Lipinski definition) is 1. The molecule has 1 fully saturated rings. The Bertz CT molecular complexity index is 1150. The highest BCUT2D eigenvalue weighted by molar-refractivity contribution is 6.00. The largest absolute Gasteiger partial charge is 0.463 e. The maximum Gasteiger partial charge on any atom is 0.271 e. The molecule has 6 heteroatoms. The Morgan fingerprint density at radius 1 is 1.06 bits per heavy atom. The second-order valence-electron chi connectivity index (χ2n) is 9.98. The van der Waals surface area contributed by atoms with Crippen LogP contribution in [0.3, 0.4) is 0 Å². The van der Waals surface area contributed by atoms with Gasteiger partial charge in [-0.05, 0) is 55.5 Å². The van der Waals surface area contributed by atoms with E-state index in [1.54, 1.807) is 11.2 Å². The lowest BCUT2D eigenvalue weighted by Gasteiger charge is -2.46. The van der Waals surface area contributed by atoms with E-state index in [9.17, 15) is 9.59 Å². The first-order valence-corrected chi connectivity index (χ1v) is 12.4. The average Bonchev–Trinajstić information content (AvgIpc) is 3.53. The molecule has 34 heavy (non-hydrogen) atoms. The number of nitrogens with zero attached hydrogens (tertiary/aromatic N) is 2. The van der Waals surface area contributed by atoms with Crippen molar-refractivity contribution in [1.82, 2.24) is 14.8 Å². The molecule has 6 nitrogen and oxygen atoms in total. The van der Waals surface area contributed by atoms with Crippen molar-refractivity contribution in [2.45, 2.75) is 70.0 Å². The molecule has 0 unspecified atom stereocenters. The smallest absolute Gasteiger partial charge is 0.271 e. The number of carbonyl (C=O) groups excluding carboxylic acids is 2. The summed E-state index contributed by atoms with van der Waals surface area (Å²) in [5.74, 6) is 0.601. The summed E-state index contributed by atoms with van der Waals surface area (Å²) in [5, 5.41) is 3.30. The SMILES string of the molecule is C[C@@H](CN1C(=O)c2ccc(-c3ccco3)n2C[C@]1(C)C(=O)NC1CCCCC1)c1ccccc1. The molecule has 2 amide bonds. The van der Waals surface area contributed by atoms with Crippen LogP contribution in [0, 0.1) is 0 Å². The quantitative estimate of drug-likeness (QED) is 0.550. The highest BCUT2D eigenvalue weighted by Crippen LogP contribution is 2.35. The normalized spacial score (nSPS) is 21.8. The summed E-state index contributed by atoms with van der Waals surface area (Å²) < 4.78 is 7.58. The standard InChI is InChI=1S/C28H33N3O3/c1-20(21-10-5-3-6-11-21)18-31-26(32)24-16-15-23(25-14-9-17-34-25)30(24)19-28(31,2)27(33)29-22-12-7-4-8-13-22/h3,5-6,9-11,14-17,20,22H,4,7-8,12-13,18-19H2,1-2H3,(H,29,33)/t20-,28+/m0/s1. The van der Waals surface area contributed by atoms with E-state index in [4.69, 9.17) is 4.42 Å². The van der Waals surface area contributed by atoms with Crippen LogP contribution in [0.2, 0.25) is 0 Å². The minimum Gasteiger partial charge on any atom is -0.463 e. The van der Waals surface area contributed by atoms with Crippen molar-refractivity contribution in [2.75, 3.05) is 6.54 Å². The summed E-state index contributed by atoms with van der Waals surface area (Å²) in [7, 11) is 0. The van der Waals surface area contributed by atoms with Crippen LogP contribution in [-0.2, 0) is 11.3 Å². The van der Waals surface area contributed by atoms with Gasteiger partial charge in [-0.3, -0.25) is 9.59 Å². The summed E-state index contributed by atoms with van der Waals surface area (Å²) in [5.41, 5.74) is 1.56. The summed E-state index contributed by atoms with van der Waals surface area (Å²) in [6, 6.07) is 17.8. The minimum atomic E-state index is -1.01. The number of aromatic nitrogens is 1. The predicted molar refractivity (Wildman–Crippen MR) is 131 cm³/mol. The van der Waals surface area contributed by atoms with E-state index in [0.29, 0.717) is 24.5 Å². The third-order valence-corrected chi connectivity index (χ3v) is 7.53. The summed E-state index contributed by atoms with van der Waals surface area (Å²) in [4.78, 5) is 29.5. The van der Waals surface area contributed by atoms with E-state index < -0.39 is 5.54 Å². The molecular weight excluding hydrogens is 426 g/mol. The third kappa shape index (κ3) is 4.06. The molecule has 2 aliphatic rings. The van der Waals surface area contributed by atoms with Gasteiger partial charge in [0.1, 0.15) is 17.0 Å². The van der Waals surface area contributed by atoms with Crippen LogP contribution in [0.4, 0.5) is 0 Å². The zero-order valence-corrected chi connectivity index (χ0v) is 20.0. The molecule has 5 rings (SSSR count). The Morgan fingerprint density at radius 2 is 1.79 bits per heavy atom. The number of hydrogen-bond acceptors (Lipinski definition) is 3. The zero-order chi connectivity index (χ0) is 23.7. The average molecular weight is 460 g/mol. The molecule has 2 atom stereocenters. The second-order valence-corrected chi connectivity index (χ2v) is 9.98. The molecule has 3 heterocycles. The zero-order valence-electron chi connectivity index (χ0n) is 20.0. The molecule has 1 saturated carbocycles. The van der Waals surface area contributed by atoms with Crippen LogP contribution in [0.1, 0.15) is 67.9 Å². The molecule has 1 N–H and O–H groups in total. The van der Waals surface area contributed by atoms with Crippen molar-refractivity contribution >= 4 is 11.8 Å². The number of benzene rings is 1. The number of amides is 2. The predicted octanol–water partition coefficient (Wildman–Crippen LogP) is 5.22. The van der Waals surface area contributed by atoms with Gasteiger partial charge in [0.15, 0.2) is 0 Å². The van der Waals surface area contributed by atoms with Crippen molar-refractivity contribution < 1.29 is 14.0 Å². The molecular formula is C28H33N3O3. The van der Waals surface area contributed by atoms with Crippen molar-refractivity contribution in [3.63, 3.8) is 0 Å². The van der Waals surface area contributed by atoms with Gasteiger partial charge in [-0.15, -0.1) is 0 Å². The maximum atomic E-state index is 13.9. The van der Waals surface area contributed by atoms with Crippen molar-refractivity contribution in [2.24, 2.45) is 0 Å². The molecule has 0 bridgehead atoms. The number of fused-ring (bicyclic) bond motifs is 1. The number of carbonyl (C=O) groups is 2. The molecule has 178 valence electrons. The monoisotopic (exact) mass is 459 g/mol. The highest BCUT2D eigenvalue weighted by Gasteiger charge is 2.48. The first-order valence-electron chi connectivity index (χ1n) is 12.4. The van der Waals surface area contributed by atoms with Gasteiger partial charge in [0.2, 0.25) is 5.91 Å². The van der Waals surface area contributed by atoms with Gasteiger partial charge in [-0.1, -0.05) is 56.5 Å². The van der Waals surface area contributed by atoms with Gasteiger partial charge in [0.25, 0.3) is 5.91 Å². The van der Waals surface area contributed by atoms with Gasteiger partial charge in [-0.2, -0.15) is 0 Å². The number of furan rings is 1. The van der Waals surface area contributed by atoms with E-state index in [0.717, 1.165) is 36.9 Å². The van der Waals surface area contributed by atoms with E-state index in [2.05, 4.69) is 24.4 Å². The Hall–Kier alpha value is -3.28. The van der Waals surface area contributed by atoms with Crippen LogP contribution < -0.4 is 5.32 Å².